The Labute approximate surface area is 184 Å². The van der Waals surface area contributed by atoms with Crippen LogP contribution in [0.25, 0.3) is 0 Å². The smallest absolute Gasteiger partial charge is 0.226 e. The third kappa shape index (κ3) is 5.64. The molecule has 1 aliphatic heterocycles. The molecule has 1 fully saturated rings. The first-order valence-electron chi connectivity index (χ1n) is 10.8. The fourth-order valence-corrected chi connectivity index (χ4v) is 4.15. The number of carbonyl (C=O) groups excluding carboxylic acids is 2. The molecule has 2 amide bonds. The monoisotopic (exact) mass is 424 g/mol. The maximum atomic E-state index is 13.2. The molecular weight excluding hydrogens is 392 g/mol. The molecule has 166 valence electrons. The van der Waals surface area contributed by atoms with Crippen LogP contribution in [0.15, 0.2) is 48.5 Å². The van der Waals surface area contributed by atoms with Gasteiger partial charge in [-0.05, 0) is 35.2 Å². The average molecular weight is 425 g/mol. The number of hydrogen-bond donors (Lipinski definition) is 1. The minimum atomic E-state index is -0.417. The minimum Gasteiger partial charge on any atom is -0.497 e. The molecule has 2 aromatic carbocycles. The highest BCUT2D eigenvalue weighted by molar-refractivity contribution is 5.90. The highest BCUT2D eigenvalue weighted by Gasteiger charge is 2.44. The predicted octanol–water partition coefficient (Wildman–Crippen LogP) is 3.85. The van der Waals surface area contributed by atoms with E-state index >= 15 is 0 Å². The van der Waals surface area contributed by atoms with Crippen molar-refractivity contribution in [3.8, 4) is 5.75 Å². The molecule has 0 spiro atoms. The van der Waals surface area contributed by atoms with E-state index in [4.69, 9.17) is 9.47 Å². The summed E-state index contributed by atoms with van der Waals surface area (Å²) in [6, 6.07) is 15.4. The first-order valence-corrected chi connectivity index (χ1v) is 10.8. The zero-order valence-electron chi connectivity index (χ0n) is 18.6. The highest BCUT2D eigenvalue weighted by Crippen LogP contribution is 2.39. The third-order valence-electron chi connectivity index (χ3n) is 5.75. The van der Waals surface area contributed by atoms with Crippen molar-refractivity contribution in [1.82, 2.24) is 10.2 Å². The van der Waals surface area contributed by atoms with Crippen LogP contribution in [0.3, 0.4) is 0 Å². The van der Waals surface area contributed by atoms with E-state index < -0.39 is 5.92 Å². The van der Waals surface area contributed by atoms with E-state index in [1.807, 2.05) is 53.4 Å². The number of hydrogen-bond acceptors (Lipinski definition) is 4. The fourth-order valence-electron chi connectivity index (χ4n) is 4.15. The molecule has 1 heterocycles. The van der Waals surface area contributed by atoms with E-state index in [0.717, 1.165) is 35.3 Å². The van der Waals surface area contributed by atoms with Gasteiger partial charge in [0.15, 0.2) is 0 Å². The van der Waals surface area contributed by atoms with E-state index in [1.54, 1.807) is 14.2 Å². The van der Waals surface area contributed by atoms with Crippen LogP contribution in [0.5, 0.6) is 5.75 Å². The number of benzene rings is 2. The maximum Gasteiger partial charge on any atom is 0.226 e. The first-order chi connectivity index (χ1) is 15.1. The Kier molecular flexibility index (Phi) is 8.06. The topological polar surface area (TPSA) is 67.9 Å². The Morgan fingerprint density at radius 3 is 2.55 bits per heavy atom. The summed E-state index contributed by atoms with van der Waals surface area (Å²) in [6.45, 7) is 3.72. The molecule has 0 radical (unpaired) electrons. The van der Waals surface area contributed by atoms with Crippen LogP contribution in [0.2, 0.25) is 0 Å². The van der Waals surface area contributed by atoms with Gasteiger partial charge < -0.3 is 19.7 Å². The summed E-state index contributed by atoms with van der Waals surface area (Å²) in [7, 11) is 3.29. The van der Waals surface area contributed by atoms with Crippen molar-refractivity contribution in [2.45, 2.75) is 45.4 Å². The number of likely N-dealkylation sites (tertiary alicyclic amines) is 1. The molecule has 0 aromatic heterocycles. The second-order valence-electron chi connectivity index (χ2n) is 7.94. The largest absolute Gasteiger partial charge is 0.497 e. The van der Waals surface area contributed by atoms with Gasteiger partial charge in [-0.25, -0.2) is 0 Å². The van der Waals surface area contributed by atoms with Gasteiger partial charge in [-0.15, -0.1) is 0 Å². The summed E-state index contributed by atoms with van der Waals surface area (Å²) in [5, 5.41) is 3.05. The summed E-state index contributed by atoms with van der Waals surface area (Å²) in [5.74, 6) is 0.284. The lowest BCUT2D eigenvalue weighted by Crippen LogP contribution is -2.35. The van der Waals surface area contributed by atoms with Gasteiger partial charge in [0.05, 0.1) is 25.7 Å². The number of carbonyl (C=O) groups is 2. The fraction of sp³-hybridized carbons (Fsp3) is 0.440. The van der Waals surface area contributed by atoms with Crippen LogP contribution in [-0.2, 0) is 27.5 Å². The third-order valence-corrected chi connectivity index (χ3v) is 5.75. The number of rotatable bonds is 10. The summed E-state index contributed by atoms with van der Waals surface area (Å²) >= 11 is 0. The van der Waals surface area contributed by atoms with Crippen LogP contribution in [0.4, 0.5) is 0 Å². The molecule has 6 heteroatoms. The number of nitrogens with one attached hydrogen (secondary N) is 1. The summed E-state index contributed by atoms with van der Waals surface area (Å²) < 4.78 is 10.5. The van der Waals surface area contributed by atoms with Gasteiger partial charge in [-0.1, -0.05) is 49.7 Å². The van der Waals surface area contributed by atoms with Crippen molar-refractivity contribution >= 4 is 11.8 Å². The number of nitrogens with zero attached hydrogens (tertiary/aromatic N) is 1. The van der Waals surface area contributed by atoms with E-state index in [0.29, 0.717) is 19.7 Å². The predicted molar refractivity (Wildman–Crippen MR) is 119 cm³/mol. The molecule has 1 saturated heterocycles. The Bertz CT molecular complexity index is 881. The molecule has 1 aliphatic rings. The highest BCUT2D eigenvalue weighted by atomic mass is 16.5. The lowest BCUT2D eigenvalue weighted by Gasteiger charge is -2.28. The SMILES string of the molecule is CCCCN1C(=O)CC(C(=O)NCc2cccc(COC)c2)C1c1ccc(OC)cc1. The standard InChI is InChI=1S/C25H32N2O4/c1-4-5-13-27-23(28)15-22(24(27)20-9-11-21(31-3)12-10-20)25(29)26-16-18-7-6-8-19(14-18)17-30-2/h6-12,14,22,24H,4-5,13,15-17H2,1-3H3,(H,26,29). The molecule has 0 saturated carbocycles. The lowest BCUT2D eigenvalue weighted by molar-refractivity contribution is -0.129. The van der Waals surface area contributed by atoms with Gasteiger partial charge in [0.25, 0.3) is 0 Å². The molecule has 2 unspecified atom stereocenters. The van der Waals surface area contributed by atoms with E-state index in [2.05, 4.69) is 12.2 Å². The molecular formula is C25H32N2O4. The van der Waals surface area contributed by atoms with Crippen LogP contribution in [0, 0.1) is 5.92 Å². The summed E-state index contributed by atoms with van der Waals surface area (Å²) in [6.07, 6.45) is 2.14. The van der Waals surface area contributed by atoms with Crippen molar-refractivity contribution in [2.24, 2.45) is 5.92 Å². The molecule has 2 atom stereocenters. The second-order valence-corrected chi connectivity index (χ2v) is 7.94. The average Bonchev–Trinajstić information content (AvgIpc) is 3.12. The quantitative estimate of drug-likeness (QED) is 0.629. The van der Waals surface area contributed by atoms with Crippen molar-refractivity contribution in [1.29, 1.82) is 0 Å². The minimum absolute atomic E-state index is 0.0384. The van der Waals surface area contributed by atoms with E-state index in [9.17, 15) is 9.59 Å². The van der Waals surface area contributed by atoms with E-state index in [-0.39, 0.29) is 24.3 Å². The molecule has 31 heavy (non-hydrogen) atoms. The molecule has 6 nitrogen and oxygen atoms in total. The Balaban J connectivity index is 1.76. The zero-order chi connectivity index (χ0) is 22.2. The maximum absolute atomic E-state index is 13.2. The van der Waals surface area contributed by atoms with Crippen molar-refractivity contribution in [2.75, 3.05) is 20.8 Å². The van der Waals surface area contributed by atoms with Crippen LogP contribution < -0.4 is 10.1 Å². The Morgan fingerprint density at radius 2 is 1.87 bits per heavy atom. The van der Waals surface area contributed by atoms with Crippen LogP contribution >= 0.6 is 0 Å². The number of methoxy groups -OCH3 is 2. The van der Waals surface area contributed by atoms with Crippen molar-refractivity contribution in [3.05, 3.63) is 65.2 Å². The molecule has 3 rings (SSSR count). The Morgan fingerprint density at radius 1 is 1.13 bits per heavy atom. The number of ether oxygens (including phenoxy) is 2. The van der Waals surface area contributed by atoms with Crippen LogP contribution in [0.1, 0.15) is 48.9 Å². The van der Waals surface area contributed by atoms with Gasteiger partial charge in [0.1, 0.15) is 5.75 Å². The van der Waals surface area contributed by atoms with Crippen molar-refractivity contribution in [3.63, 3.8) is 0 Å². The summed E-state index contributed by atoms with van der Waals surface area (Å²) in [4.78, 5) is 27.8. The molecule has 1 N–H and O–H groups in total. The lowest BCUT2D eigenvalue weighted by atomic mass is 9.92. The molecule has 0 bridgehead atoms. The summed E-state index contributed by atoms with van der Waals surface area (Å²) in [5.41, 5.74) is 3.04. The first kappa shape index (κ1) is 22.8. The van der Waals surface area contributed by atoms with Gasteiger partial charge in [-0.2, -0.15) is 0 Å². The zero-order valence-corrected chi connectivity index (χ0v) is 18.6. The second kappa shape index (κ2) is 11.0. The molecule has 0 aliphatic carbocycles. The Hall–Kier alpha value is -2.86. The van der Waals surface area contributed by atoms with Crippen LogP contribution in [-0.4, -0.2) is 37.5 Å². The van der Waals surface area contributed by atoms with E-state index in [1.165, 1.54) is 0 Å². The number of unbranched alkanes of at least 4 members (excludes halogenated alkanes) is 1. The van der Waals surface area contributed by atoms with Gasteiger partial charge >= 0.3 is 0 Å². The molecule has 2 aromatic rings. The van der Waals surface area contributed by atoms with Gasteiger partial charge in [-0.3, -0.25) is 9.59 Å². The van der Waals surface area contributed by atoms with Gasteiger partial charge in [0.2, 0.25) is 11.8 Å². The van der Waals surface area contributed by atoms with Crippen molar-refractivity contribution < 1.29 is 19.1 Å². The normalized spacial score (nSPS) is 18.3. The van der Waals surface area contributed by atoms with Gasteiger partial charge in [0, 0.05) is 26.6 Å². The number of amides is 2.